The number of aromatic nitrogens is 2. The summed E-state index contributed by atoms with van der Waals surface area (Å²) in [6.07, 6.45) is -0.841. The number of ether oxygens (including phenoxy) is 1. The van der Waals surface area contributed by atoms with Gasteiger partial charge in [-0.15, -0.1) is 0 Å². The molecule has 5 nitrogen and oxygen atoms in total. The van der Waals surface area contributed by atoms with Crippen molar-refractivity contribution in [3.05, 3.63) is 65.8 Å². The number of aliphatic hydroxyl groups excluding tert-OH is 1. The van der Waals surface area contributed by atoms with E-state index in [1.54, 1.807) is 25.1 Å². The molecule has 3 aromatic rings. The number of aryl methyl sites for hydroxylation is 1. The van der Waals surface area contributed by atoms with Gasteiger partial charge < -0.3 is 14.4 Å². The minimum atomic E-state index is -0.841. The summed E-state index contributed by atoms with van der Waals surface area (Å²) < 4.78 is 23.4. The molecule has 1 N–H and O–H groups in total. The predicted molar refractivity (Wildman–Crippen MR) is 81.3 cm³/mol. The molecule has 0 aliphatic carbocycles. The van der Waals surface area contributed by atoms with Crippen molar-refractivity contribution >= 4 is 0 Å². The average molecular weight is 314 g/mol. The Morgan fingerprint density at radius 2 is 2.00 bits per heavy atom. The van der Waals surface area contributed by atoms with Gasteiger partial charge in [-0.3, -0.25) is 0 Å². The summed E-state index contributed by atoms with van der Waals surface area (Å²) in [5.74, 6) is 1.20. The number of aliphatic hydroxyl groups is 1. The van der Waals surface area contributed by atoms with Crippen LogP contribution >= 0.6 is 0 Å². The quantitative estimate of drug-likeness (QED) is 0.782. The van der Waals surface area contributed by atoms with Crippen molar-refractivity contribution in [1.29, 1.82) is 0 Å². The molecule has 118 valence electrons. The van der Waals surface area contributed by atoms with E-state index in [1.165, 1.54) is 24.3 Å². The van der Waals surface area contributed by atoms with E-state index in [0.29, 0.717) is 23.0 Å². The number of rotatable bonds is 5. The Morgan fingerprint density at radius 3 is 2.70 bits per heavy atom. The van der Waals surface area contributed by atoms with Crippen molar-refractivity contribution in [2.75, 3.05) is 6.61 Å². The molecule has 1 unspecified atom stereocenters. The van der Waals surface area contributed by atoms with Crippen LogP contribution in [-0.4, -0.2) is 21.9 Å². The zero-order chi connectivity index (χ0) is 16.2. The van der Waals surface area contributed by atoms with Crippen molar-refractivity contribution in [2.24, 2.45) is 0 Å². The Bertz CT molecular complexity index is 787. The van der Waals surface area contributed by atoms with Crippen LogP contribution in [0.1, 0.15) is 17.6 Å². The van der Waals surface area contributed by atoms with E-state index in [-0.39, 0.29) is 12.4 Å². The molecule has 23 heavy (non-hydrogen) atoms. The van der Waals surface area contributed by atoms with Crippen LogP contribution in [0.5, 0.6) is 5.75 Å². The Labute approximate surface area is 132 Å². The topological polar surface area (TPSA) is 68.4 Å². The SMILES string of the molecule is Cc1nc(-c2cccc(OCC(O)c3ccc(F)cc3)c2)no1. The van der Waals surface area contributed by atoms with Crippen molar-refractivity contribution < 1.29 is 18.8 Å². The number of nitrogens with zero attached hydrogens (tertiary/aromatic N) is 2. The fourth-order valence-electron chi connectivity index (χ4n) is 2.10. The summed E-state index contributed by atoms with van der Waals surface area (Å²) in [6, 6.07) is 12.9. The van der Waals surface area contributed by atoms with Crippen molar-refractivity contribution in [1.82, 2.24) is 10.1 Å². The van der Waals surface area contributed by atoms with E-state index in [1.807, 2.05) is 6.07 Å². The lowest BCUT2D eigenvalue weighted by atomic mass is 10.1. The molecule has 1 atom stereocenters. The van der Waals surface area contributed by atoms with Gasteiger partial charge in [-0.25, -0.2) is 4.39 Å². The standard InChI is InChI=1S/C17H15FN2O3/c1-11-19-17(20-23-11)13-3-2-4-15(9-13)22-10-16(21)12-5-7-14(18)8-6-12/h2-9,16,21H,10H2,1H3. The molecule has 0 saturated heterocycles. The van der Waals surface area contributed by atoms with Gasteiger partial charge in [-0.2, -0.15) is 4.98 Å². The molecular weight excluding hydrogens is 299 g/mol. The lowest BCUT2D eigenvalue weighted by molar-refractivity contribution is 0.108. The second-order valence-corrected chi connectivity index (χ2v) is 5.04. The minimum absolute atomic E-state index is 0.0559. The molecule has 1 heterocycles. The Hall–Kier alpha value is -2.73. The highest BCUT2D eigenvalue weighted by molar-refractivity contribution is 5.56. The largest absolute Gasteiger partial charge is 0.491 e. The summed E-state index contributed by atoms with van der Waals surface area (Å²) in [5.41, 5.74) is 1.35. The van der Waals surface area contributed by atoms with Crippen molar-refractivity contribution in [3.8, 4) is 17.1 Å². The first-order valence-electron chi connectivity index (χ1n) is 7.09. The predicted octanol–water partition coefficient (Wildman–Crippen LogP) is 3.30. The summed E-state index contributed by atoms with van der Waals surface area (Å²) in [7, 11) is 0. The van der Waals surface area contributed by atoms with Gasteiger partial charge in [0.2, 0.25) is 11.7 Å². The fourth-order valence-corrected chi connectivity index (χ4v) is 2.10. The van der Waals surface area contributed by atoms with E-state index in [2.05, 4.69) is 10.1 Å². The molecule has 0 amide bonds. The first-order valence-corrected chi connectivity index (χ1v) is 7.09. The third kappa shape index (κ3) is 3.73. The maximum atomic E-state index is 12.9. The molecular formula is C17H15FN2O3. The van der Waals surface area contributed by atoms with Crippen LogP contribution in [0.3, 0.4) is 0 Å². The molecule has 3 rings (SSSR count). The third-order valence-electron chi connectivity index (χ3n) is 3.28. The lowest BCUT2D eigenvalue weighted by Crippen LogP contribution is -2.09. The molecule has 0 bridgehead atoms. The van der Waals surface area contributed by atoms with Crippen LogP contribution in [0.2, 0.25) is 0 Å². The summed E-state index contributed by atoms with van der Waals surface area (Å²) >= 11 is 0. The smallest absolute Gasteiger partial charge is 0.223 e. The van der Waals surface area contributed by atoms with Crippen LogP contribution < -0.4 is 4.74 Å². The maximum Gasteiger partial charge on any atom is 0.223 e. The molecule has 0 radical (unpaired) electrons. The third-order valence-corrected chi connectivity index (χ3v) is 3.28. The van der Waals surface area contributed by atoms with Gasteiger partial charge in [-0.05, 0) is 29.8 Å². The van der Waals surface area contributed by atoms with Crippen LogP contribution in [0.4, 0.5) is 4.39 Å². The average Bonchev–Trinajstić information content (AvgIpc) is 3.00. The van der Waals surface area contributed by atoms with Crippen LogP contribution in [-0.2, 0) is 0 Å². The molecule has 1 aromatic heterocycles. The number of hydrogen-bond acceptors (Lipinski definition) is 5. The highest BCUT2D eigenvalue weighted by Gasteiger charge is 2.10. The zero-order valence-electron chi connectivity index (χ0n) is 12.4. The van der Waals surface area contributed by atoms with Gasteiger partial charge in [0.05, 0.1) is 0 Å². The Kier molecular flexibility index (Phi) is 4.34. The number of halogens is 1. The highest BCUT2D eigenvalue weighted by atomic mass is 19.1. The Balaban J connectivity index is 1.67. The van der Waals surface area contributed by atoms with Gasteiger partial charge in [-0.1, -0.05) is 29.4 Å². The van der Waals surface area contributed by atoms with E-state index < -0.39 is 6.10 Å². The van der Waals surface area contributed by atoms with Gasteiger partial charge in [0.1, 0.15) is 24.3 Å². The van der Waals surface area contributed by atoms with Gasteiger partial charge in [0.25, 0.3) is 0 Å². The van der Waals surface area contributed by atoms with E-state index in [9.17, 15) is 9.50 Å². The second-order valence-electron chi connectivity index (χ2n) is 5.04. The summed E-state index contributed by atoms with van der Waals surface area (Å²) in [5, 5.41) is 13.9. The molecule has 0 fully saturated rings. The number of benzene rings is 2. The lowest BCUT2D eigenvalue weighted by Gasteiger charge is -2.13. The molecule has 0 aliphatic heterocycles. The van der Waals surface area contributed by atoms with Crippen LogP contribution in [0.15, 0.2) is 53.1 Å². The van der Waals surface area contributed by atoms with Gasteiger partial charge >= 0.3 is 0 Å². The van der Waals surface area contributed by atoms with Gasteiger partial charge in [0, 0.05) is 12.5 Å². The molecule has 0 saturated carbocycles. The number of hydrogen-bond donors (Lipinski definition) is 1. The summed E-state index contributed by atoms with van der Waals surface area (Å²) in [6.45, 7) is 1.77. The molecule has 0 spiro atoms. The van der Waals surface area contributed by atoms with Gasteiger partial charge in [0.15, 0.2) is 0 Å². The minimum Gasteiger partial charge on any atom is -0.491 e. The highest BCUT2D eigenvalue weighted by Crippen LogP contribution is 2.23. The zero-order valence-corrected chi connectivity index (χ0v) is 12.4. The normalized spacial score (nSPS) is 12.1. The fraction of sp³-hybridized carbons (Fsp3) is 0.176. The molecule has 0 aliphatic rings. The monoisotopic (exact) mass is 314 g/mol. The van der Waals surface area contributed by atoms with E-state index >= 15 is 0 Å². The molecule has 2 aromatic carbocycles. The van der Waals surface area contributed by atoms with Crippen molar-refractivity contribution in [2.45, 2.75) is 13.0 Å². The molecule has 6 heteroatoms. The van der Waals surface area contributed by atoms with Crippen LogP contribution in [0, 0.1) is 12.7 Å². The van der Waals surface area contributed by atoms with E-state index in [0.717, 1.165) is 5.56 Å². The maximum absolute atomic E-state index is 12.9. The Morgan fingerprint density at radius 1 is 1.22 bits per heavy atom. The summed E-state index contributed by atoms with van der Waals surface area (Å²) in [4.78, 5) is 4.15. The first-order chi connectivity index (χ1) is 11.1. The first kappa shape index (κ1) is 15.2. The van der Waals surface area contributed by atoms with E-state index in [4.69, 9.17) is 9.26 Å². The second kappa shape index (κ2) is 6.58. The van der Waals surface area contributed by atoms with Crippen LogP contribution in [0.25, 0.3) is 11.4 Å². The van der Waals surface area contributed by atoms with Crippen molar-refractivity contribution in [3.63, 3.8) is 0 Å².